The Hall–Kier alpha value is -0.370. The molecule has 2 heteroatoms. The van der Waals surface area contributed by atoms with Crippen LogP contribution in [0.1, 0.15) is 21.7 Å². The van der Waals surface area contributed by atoms with Crippen molar-refractivity contribution in [2.75, 3.05) is 14.1 Å². The molecule has 0 bridgehead atoms. The molecule has 0 unspecified atom stereocenters. The van der Waals surface area contributed by atoms with Gasteiger partial charge in [-0.1, -0.05) is 6.92 Å². The van der Waals surface area contributed by atoms with E-state index in [0.29, 0.717) is 6.42 Å². The first kappa shape index (κ1) is 10.6. The number of carbonyl (C=O) groups excluding carboxylic acids is 1. The quantitative estimate of drug-likeness (QED) is 0.559. The third-order valence-corrected chi connectivity index (χ3v) is 0.498. The number of Topliss-reactive ketones (excluding diaryl/α,β-unsaturated/α-hetero) is 1. The summed E-state index contributed by atoms with van der Waals surface area (Å²) >= 11 is 0. The van der Waals surface area contributed by atoms with Gasteiger partial charge in [0.25, 0.3) is 0 Å². The van der Waals surface area contributed by atoms with Crippen LogP contribution in [0.5, 0.6) is 0 Å². The smallest absolute Gasteiger partial charge is 0.129 e. The van der Waals surface area contributed by atoms with E-state index >= 15 is 0 Å². The molecule has 0 amide bonds. The molecule has 52 valence electrons. The average Bonchev–Trinajstić information content (AvgIpc) is 1.69. The van der Waals surface area contributed by atoms with E-state index in [0.717, 1.165) is 0 Å². The molecule has 0 saturated carbocycles. The minimum atomic E-state index is 0. The van der Waals surface area contributed by atoms with Crippen LogP contribution in [0.2, 0.25) is 0 Å². The normalized spacial score (nSPS) is 7.00. The standard InChI is InChI=1S/C4H8O.C2H7N.H2/c1-3-4(2)5;1-3-2;/h3H2,1-2H3;3H,1-2H3;1H. The van der Waals surface area contributed by atoms with Gasteiger partial charge in [-0.2, -0.15) is 0 Å². The zero-order valence-electron chi connectivity index (χ0n) is 6.12. The van der Waals surface area contributed by atoms with Gasteiger partial charge in [0.1, 0.15) is 5.78 Å². The van der Waals surface area contributed by atoms with Crippen LogP contribution in [-0.2, 0) is 4.79 Å². The summed E-state index contributed by atoms with van der Waals surface area (Å²) in [5.41, 5.74) is 0. The van der Waals surface area contributed by atoms with Crippen molar-refractivity contribution in [3.63, 3.8) is 0 Å². The maximum Gasteiger partial charge on any atom is 0.129 e. The summed E-state index contributed by atoms with van der Waals surface area (Å²) in [6.07, 6.45) is 0.667. The first-order valence-electron chi connectivity index (χ1n) is 2.76. The number of carbonyl (C=O) groups is 1. The Kier molecular flexibility index (Phi) is 13.0. The molecule has 0 radical (unpaired) electrons. The van der Waals surface area contributed by atoms with Crippen LogP contribution in [0.25, 0.3) is 0 Å². The third kappa shape index (κ3) is 45.4. The maximum absolute atomic E-state index is 9.81. The van der Waals surface area contributed by atoms with E-state index in [1.165, 1.54) is 0 Å². The predicted molar refractivity (Wildman–Crippen MR) is 38.1 cm³/mol. The van der Waals surface area contributed by atoms with Gasteiger partial charge in [0.2, 0.25) is 0 Å². The molecule has 0 aromatic rings. The summed E-state index contributed by atoms with van der Waals surface area (Å²) in [5.74, 6) is 0.255. The summed E-state index contributed by atoms with van der Waals surface area (Å²) in [4.78, 5) is 9.81. The zero-order valence-corrected chi connectivity index (χ0v) is 6.12. The second kappa shape index (κ2) is 9.80. The van der Waals surface area contributed by atoms with Crippen LogP contribution in [-0.4, -0.2) is 19.9 Å². The van der Waals surface area contributed by atoms with Crippen molar-refractivity contribution in [1.82, 2.24) is 5.32 Å². The monoisotopic (exact) mass is 119 g/mol. The largest absolute Gasteiger partial charge is 0.323 e. The highest BCUT2D eigenvalue weighted by Gasteiger charge is 1.76. The predicted octanol–water partition coefficient (Wildman–Crippen LogP) is 1.07. The molecule has 0 aromatic heterocycles. The van der Waals surface area contributed by atoms with Crippen LogP contribution in [0.4, 0.5) is 0 Å². The zero-order chi connectivity index (χ0) is 6.99. The molecule has 8 heavy (non-hydrogen) atoms. The number of ketones is 1. The fraction of sp³-hybridized carbons (Fsp3) is 0.833. The molecule has 0 aromatic carbocycles. The Labute approximate surface area is 52.8 Å². The summed E-state index contributed by atoms with van der Waals surface area (Å²) in [5, 5.41) is 2.75. The van der Waals surface area contributed by atoms with Gasteiger partial charge >= 0.3 is 0 Å². The van der Waals surface area contributed by atoms with Crippen molar-refractivity contribution in [3.05, 3.63) is 0 Å². The third-order valence-electron chi connectivity index (χ3n) is 0.498. The van der Waals surface area contributed by atoms with Crippen LogP contribution < -0.4 is 5.32 Å². The fourth-order valence-electron chi connectivity index (χ4n) is 0. The molecule has 0 spiro atoms. The van der Waals surface area contributed by atoms with Gasteiger partial charge in [0.15, 0.2) is 0 Å². The first-order valence-corrected chi connectivity index (χ1v) is 2.76. The molecule has 0 fully saturated rings. The van der Waals surface area contributed by atoms with Crippen molar-refractivity contribution in [2.45, 2.75) is 20.3 Å². The molecular weight excluding hydrogens is 102 g/mol. The number of nitrogens with one attached hydrogen (secondary N) is 1. The summed E-state index contributed by atoms with van der Waals surface area (Å²) < 4.78 is 0. The van der Waals surface area contributed by atoms with Crippen molar-refractivity contribution in [2.24, 2.45) is 0 Å². The van der Waals surface area contributed by atoms with Gasteiger partial charge in [0, 0.05) is 7.85 Å². The number of hydrogen-bond acceptors (Lipinski definition) is 2. The highest BCUT2D eigenvalue weighted by molar-refractivity contribution is 5.74. The Balaban J connectivity index is -0.0000000800. The highest BCUT2D eigenvalue weighted by Crippen LogP contribution is 1.71. The molecular formula is C6H17NO. The lowest BCUT2D eigenvalue weighted by Crippen LogP contribution is -1.89. The second-order valence-electron chi connectivity index (χ2n) is 1.56. The number of rotatable bonds is 1. The summed E-state index contributed by atoms with van der Waals surface area (Å²) in [6.45, 7) is 3.43. The van der Waals surface area contributed by atoms with Crippen molar-refractivity contribution < 1.29 is 6.22 Å². The fourth-order valence-corrected chi connectivity index (χ4v) is 0. The van der Waals surface area contributed by atoms with Gasteiger partial charge < -0.3 is 10.1 Å². The molecule has 0 aliphatic rings. The van der Waals surface area contributed by atoms with Crippen LogP contribution in [0.3, 0.4) is 0 Å². The molecule has 0 saturated heterocycles. The molecule has 1 N–H and O–H groups in total. The van der Waals surface area contributed by atoms with Gasteiger partial charge in [-0.3, -0.25) is 0 Å². The van der Waals surface area contributed by atoms with Gasteiger partial charge in [-0.25, -0.2) is 0 Å². The lowest BCUT2D eigenvalue weighted by molar-refractivity contribution is -0.116. The van der Waals surface area contributed by atoms with Gasteiger partial charge in [0.05, 0.1) is 0 Å². The Morgan fingerprint density at radius 1 is 1.62 bits per heavy atom. The molecule has 0 heterocycles. The summed E-state index contributed by atoms with van der Waals surface area (Å²) in [6, 6.07) is 0. The first-order chi connectivity index (χ1) is 3.68. The average molecular weight is 119 g/mol. The maximum atomic E-state index is 9.81. The van der Waals surface area contributed by atoms with Gasteiger partial charge in [-0.15, -0.1) is 0 Å². The minimum absolute atomic E-state index is 0. The van der Waals surface area contributed by atoms with Gasteiger partial charge in [-0.05, 0) is 21.0 Å². The topological polar surface area (TPSA) is 29.1 Å². The summed E-state index contributed by atoms with van der Waals surface area (Å²) in [7, 11) is 3.75. The van der Waals surface area contributed by atoms with Crippen molar-refractivity contribution in [1.29, 1.82) is 0 Å². The van der Waals surface area contributed by atoms with E-state index in [4.69, 9.17) is 0 Å². The van der Waals surface area contributed by atoms with E-state index < -0.39 is 0 Å². The molecule has 0 aliphatic carbocycles. The van der Waals surface area contributed by atoms with E-state index in [-0.39, 0.29) is 7.21 Å². The minimum Gasteiger partial charge on any atom is -0.323 e. The van der Waals surface area contributed by atoms with Crippen LogP contribution >= 0.6 is 0 Å². The highest BCUT2D eigenvalue weighted by atomic mass is 16.1. The lowest BCUT2D eigenvalue weighted by Gasteiger charge is -1.71. The Bertz CT molecular complexity index is 57.0. The molecule has 0 atom stereocenters. The Morgan fingerprint density at radius 3 is 1.75 bits per heavy atom. The SMILES string of the molecule is CCC(C)=O.CNC.[HH]. The number of hydrogen-bond donors (Lipinski definition) is 1. The van der Waals surface area contributed by atoms with Crippen LogP contribution in [0.15, 0.2) is 0 Å². The van der Waals surface area contributed by atoms with E-state index in [2.05, 4.69) is 5.32 Å². The second-order valence-corrected chi connectivity index (χ2v) is 1.56. The van der Waals surface area contributed by atoms with Crippen molar-refractivity contribution in [3.8, 4) is 0 Å². The molecule has 2 nitrogen and oxygen atoms in total. The van der Waals surface area contributed by atoms with E-state index in [1.807, 2.05) is 21.0 Å². The lowest BCUT2D eigenvalue weighted by atomic mass is 10.4. The van der Waals surface area contributed by atoms with Crippen LogP contribution in [0, 0.1) is 0 Å². The van der Waals surface area contributed by atoms with Crippen molar-refractivity contribution >= 4 is 5.78 Å². The Morgan fingerprint density at radius 2 is 1.75 bits per heavy atom. The van der Waals surface area contributed by atoms with E-state index in [1.54, 1.807) is 6.92 Å². The molecule has 0 aliphatic heterocycles. The van der Waals surface area contributed by atoms with E-state index in [9.17, 15) is 4.79 Å². The molecule has 0 rings (SSSR count).